The van der Waals surface area contributed by atoms with Crippen molar-refractivity contribution in [2.45, 2.75) is 50.8 Å². The highest BCUT2D eigenvalue weighted by atomic mass is 32.2. The molecule has 2 rings (SSSR count). The van der Waals surface area contributed by atoms with Crippen LogP contribution in [0.2, 0.25) is 0 Å². The summed E-state index contributed by atoms with van der Waals surface area (Å²) in [6.45, 7) is 5.10. The highest BCUT2D eigenvalue weighted by molar-refractivity contribution is 7.91. The third-order valence-electron chi connectivity index (χ3n) is 4.41. The summed E-state index contributed by atoms with van der Waals surface area (Å²) in [6, 6.07) is 7.30. The third-order valence-corrected chi connectivity index (χ3v) is 6.38. The lowest BCUT2D eigenvalue weighted by molar-refractivity contribution is 0.300. The molecule has 0 aliphatic heterocycles. The lowest BCUT2D eigenvalue weighted by Crippen LogP contribution is -2.21. The van der Waals surface area contributed by atoms with E-state index in [0.29, 0.717) is 17.2 Å². The normalized spacial score (nSPS) is 23.0. The molecule has 1 aliphatic rings. The highest BCUT2D eigenvalue weighted by Gasteiger charge is 2.20. The molecular formula is C17H27NO2S. The second-order valence-corrected chi connectivity index (χ2v) is 8.40. The predicted octanol–water partition coefficient (Wildman–Crippen LogP) is 4.11. The van der Waals surface area contributed by atoms with Crippen molar-refractivity contribution < 1.29 is 8.42 Å². The number of para-hydroxylation sites is 1. The average molecular weight is 309 g/mol. The SMILES string of the molecule is CCCS(=O)(=O)c1ccccc1NCC1CCC(C)CC1. The first-order valence-corrected chi connectivity index (χ1v) is 9.74. The van der Waals surface area contributed by atoms with Gasteiger partial charge in [0, 0.05) is 6.54 Å². The summed E-state index contributed by atoms with van der Waals surface area (Å²) in [5.41, 5.74) is 0.768. The van der Waals surface area contributed by atoms with Gasteiger partial charge in [0.25, 0.3) is 0 Å². The van der Waals surface area contributed by atoms with Gasteiger partial charge >= 0.3 is 0 Å². The molecule has 1 fully saturated rings. The van der Waals surface area contributed by atoms with Crippen LogP contribution in [0.15, 0.2) is 29.2 Å². The molecule has 0 heterocycles. The maximum absolute atomic E-state index is 12.3. The minimum absolute atomic E-state index is 0.215. The summed E-state index contributed by atoms with van der Waals surface area (Å²) in [7, 11) is -3.17. The van der Waals surface area contributed by atoms with Crippen LogP contribution >= 0.6 is 0 Å². The second-order valence-electron chi connectivity index (χ2n) is 6.32. The molecule has 3 nitrogen and oxygen atoms in total. The molecule has 1 aromatic rings. The van der Waals surface area contributed by atoms with Crippen molar-refractivity contribution in [2.24, 2.45) is 11.8 Å². The summed E-state index contributed by atoms with van der Waals surface area (Å²) in [5.74, 6) is 1.73. The molecule has 1 saturated carbocycles. The molecule has 0 atom stereocenters. The van der Waals surface area contributed by atoms with Crippen LogP contribution in [0.3, 0.4) is 0 Å². The number of hydrogen-bond donors (Lipinski definition) is 1. The fourth-order valence-corrected chi connectivity index (χ4v) is 4.57. The lowest BCUT2D eigenvalue weighted by atomic mass is 9.83. The average Bonchev–Trinajstić information content (AvgIpc) is 2.47. The van der Waals surface area contributed by atoms with E-state index in [1.165, 1.54) is 25.7 Å². The molecule has 0 radical (unpaired) electrons. The van der Waals surface area contributed by atoms with Crippen LogP contribution < -0.4 is 5.32 Å². The summed E-state index contributed by atoms with van der Waals surface area (Å²) in [5, 5.41) is 3.38. The molecule has 0 amide bonds. The summed E-state index contributed by atoms with van der Waals surface area (Å²) in [6.07, 6.45) is 5.73. The molecule has 0 unspecified atom stereocenters. The van der Waals surface area contributed by atoms with E-state index in [0.717, 1.165) is 18.2 Å². The minimum Gasteiger partial charge on any atom is -0.384 e. The van der Waals surface area contributed by atoms with Crippen molar-refractivity contribution in [3.63, 3.8) is 0 Å². The minimum atomic E-state index is -3.17. The summed E-state index contributed by atoms with van der Waals surface area (Å²) >= 11 is 0. The Labute approximate surface area is 129 Å². The van der Waals surface area contributed by atoms with Crippen LogP contribution in [0.1, 0.15) is 46.0 Å². The first-order chi connectivity index (χ1) is 10.0. The van der Waals surface area contributed by atoms with Crippen LogP contribution in [0.25, 0.3) is 0 Å². The highest BCUT2D eigenvalue weighted by Crippen LogP contribution is 2.29. The molecular weight excluding hydrogens is 282 g/mol. The Kier molecular flexibility index (Phi) is 5.68. The quantitative estimate of drug-likeness (QED) is 0.860. The molecule has 4 heteroatoms. The van der Waals surface area contributed by atoms with E-state index in [9.17, 15) is 8.42 Å². The van der Waals surface area contributed by atoms with Crippen LogP contribution in [-0.4, -0.2) is 20.7 Å². The van der Waals surface area contributed by atoms with Crippen molar-refractivity contribution in [2.75, 3.05) is 17.6 Å². The van der Waals surface area contributed by atoms with E-state index in [1.54, 1.807) is 12.1 Å². The molecule has 1 aliphatic carbocycles. The van der Waals surface area contributed by atoms with Crippen LogP contribution in [0.5, 0.6) is 0 Å². The van der Waals surface area contributed by atoms with Gasteiger partial charge in [0.15, 0.2) is 9.84 Å². The number of benzene rings is 1. The first-order valence-electron chi connectivity index (χ1n) is 8.08. The smallest absolute Gasteiger partial charge is 0.180 e. The van der Waals surface area contributed by atoms with Gasteiger partial charge in [-0.15, -0.1) is 0 Å². The molecule has 0 saturated heterocycles. The van der Waals surface area contributed by atoms with Crippen LogP contribution in [0, 0.1) is 11.8 Å². The fourth-order valence-electron chi connectivity index (χ4n) is 3.05. The number of anilines is 1. The Morgan fingerprint density at radius 2 is 1.81 bits per heavy atom. The van der Waals surface area contributed by atoms with Crippen molar-refractivity contribution in [3.05, 3.63) is 24.3 Å². The van der Waals surface area contributed by atoms with Gasteiger partial charge in [-0.25, -0.2) is 8.42 Å². The Bertz CT molecular complexity index is 546. The zero-order valence-electron chi connectivity index (χ0n) is 13.1. The Morgan fingerprint density at radius 3 is 2.48 bits per heavy atom. The van der Waals surface area contributed by atoms with Crippen LogP contribution in [0.4, 0.5) is 5.69 Å². The molecule has 0 bridgehead atoms. The molecule has 1 N–H and O–H groups in total. The number of nitrogens with one attached hydrogen (secondary N) is 1. The largest absolute Gasteiger partial charge is 0.384 e. The van der Waals surface area contributed by atoms with Gasteiger partial charge in [-0.3, -0.25) is 0 Å². The van der Waals surface area contributed by atoms with Crippen molar-refractivity contribution in [1.82, 2.24) is 0 Å². The molecule has 0 aromatic heterocycles. The molecule has 1 aromatic carbocycles. The lowest BCUT2D eigenvalue weighted by Gasteiger charge is -2.26. The summed E-state index contributed by atoms with van der Waals surface area (Å²) < 4.78 is 24.6. The Morgan fingerprint density at radius 1 is 1.14 bits per heavy atom. The van der Waals surface area contributed by atoms with E-state index in [4.69, 9.17) is 0 Å². The van der Waals surface area contributed by atoms with Gasteiger partial charge < -0.3 is 5.32 Å². The first kappa shape index (κ1) is 16.3. The van der Waals surface area contributed by atoms with Gasteiger partial charge in [-0.1, -0.05) is 38.8 Å². The van der Waals surface area contributed by atoms with Crippen molar-refractivity contribution in [3.8, 4) is 0 Å². The fraction of sp³-hybridized carbons (Fsp3) is 0.647. The van der Waals surface area contributed by atoms with E-state index in [-0.39, 0.29) is 5.75 Å². The molecule has 21 heavy (non-hydrogen) atoms. The number of sulfone groups is 1. The van der Waals surface area contributed by atoms with Gasteiger partial charge in [0.05, 0.1) is 16.3 Å². The topological polar surface area (TPSA) is 46.2 Å². The van der Waals surface area contributed by atoms with Crippen molar-refractivity contribution >= 4 is 15.5 Å². The predicted molar refractivity (Wildman–Crippen MR) is 88.4 cm³/mol. The molecule has 0 spiro atoms. The summed E-state index contributed by atoms with van der Waals surface area (Å²) in [4.78, 5) is 0.455. The van der Waals surface area contributed by atoms with Gasteiger partial charge in [-0.05, 0) is 43.2 Å². The standard InChI is InChI=1S/C17H27NO2S/c1-3-12-21(19,20)17-7-5-4-6-16(17)18-13-15-10-8-14(2)9-11-15/h4-7,14-15,18H,3,8-13H2,1-2H3. The second kappa shape index (κ2) is 7.30. The van der Waals surface area contributed by atoms with E-state index in [1.807, 2.05) is 19.1 Å². The van der Waals surface area contributed by atoms with E-state index >= 15 is 0 Å². The zero-order valence-corrected chi connectivity index (χ0v) is 14.0. The van der Waals surface area contributed by atoms with Crippen molar-refractivity contribution in [1.29, 1.82) is 0 Å². The third kappa shape index (κ3) is 4.47. The monoisotopic (exact) mass is 309 g/mol. The maximum Gasteiger partial charge on any atom is 0.180 e. The zero-order chi connectivity index (χ0) is 15.3. The Hall–Kier alpha value is -1.03. The van der Waals surface area contributed by atoms with Gasteiger partial charge in [-0.2, -0.15) is 0 Å². The Balaban J connectivity index is 2.04. The molecule has 118 valence electrons. The van der Waals surface area contributed by atoms with Gasteiger partial charge in [0.2, 0.25) is 0 Å². The van der Waals surface area contributed by atoms with E-state index < -0.39 is 9.84 Å². The van der Waals surface area contributed by atoms with Crippen LogP contribution in [-0.2, 0) is 9.84 Å². The van der Waals surface area contributed by atoms with Gasteiger partial charge in [0.1, 0.15) is 0 Å². The van der Waals surface area contributed by atoms with E-state index in [2.05, 4.69) is 12.2 Å². The maximum atomic E-state index is 12.3. The number of rotatable bonds is 6. The number of hydrogen-bond acceptors (Lipinski definition) is 3.